The van der Waals surface area contributed by atoms with Crippen LogP contribution in [0.4, 0.5) is 0 Å². The second-order valence-corrected chi connectivity index (χ2v) is 9.22. The van der Waals surface area contributed by atoms with E-state index in [9.17, 15) is 18.0 Å². The summed E-state index contributed by atoms with van der Waals surface area (Å²) in [7, 11) is -3.63. The minimum atomic E-state index is -3.63. The van der Waals surface area contributed by atoms with Crippen molar-refractivity contribution in [2.75, 3.05) is 13.1 Å². The normalized spacial score (nSPS) is 18.3. The van der Waals surface area contributed by atoms with Gasteiger partial charge in [-0.1, -0.05) is 18.0 Å². The molecule has 2 amide bonds. The van der Waals surface area contributed by atoms with Gasteiger partial charge in [-0.15, -0.1) is 0 Å². The van der Waals surface area contributed by atoms with Crippen molar-refractivity contribution in [1.82, 2.24) is 14.9 Å². The van der Waals surface area contributed by atoms with Gasteiger partial charge in [-0.2, -0.15) is 4.31 Å². The molecule has 0 bridgehead atoms. The summed E-state index contributed by atoms with van der Waals surface area (Å²) in [6, 6.07) is 5.78. The number of carbonyl (C=O) groups is 2. The van der Waals surface area contributed by atoms with Crippen LogP contribution in [0.25, 0.3) is 0 Å². The Morgan fingerprint density at radius 2 is 1.85 bits per heavy atom. The van der Waals surface area contributed by atoms with Gasteiger partial charge in [0.1, 0.15) is 0 Å². The standard InChI is InChI=1S/C18H26ClN3O4S/c1-13(2)21-18(24)17(23)20-11-10-15-5-3-4-12-22(15)27(25,26)16-8-6-14(19)7-9-16/h6-9,13,15H,3-5,10-12H2,1-2H3,(H,20,23)(H,21,24)/t15-/m0/s1. The fourth-order valence-electron chi connectivity index (χ4n) is 3.08. The van der Waals surface area contributed by atoms with E-state index in [1.54, 1.807) is 26.0 Å². The number of hydrogen-bond acceptors (Lipinski definition) is 4. The van der Waals surface area contributed by atoms with Crippen LogP contribution < -0.4 is 10.6 Å². The summed E-state index contributed by atoms with van der Waals surface area (Å²) in [5.41, 5.74) is 0. The molecular formula is C18H26ClN3O4S. The Kier molecular flexibility index (Phi) is 7.64. The van der Waals surface area contributed by atoms with Crippen LogP contribution in [0.5, 0.6) is 0 Å². The lowest BCUT2D eigenvalue weighted by molar-refractivity contribution is -0.139. The monoisotopic (exact) mass is 415 g/mol. The molecule has 0 radical (unpaired) electrons. The van der Waals surface area contributed by atoms with Crippen molar-refractivity contribution >= 4 is 33.4 Å². The van der Waals surface area contributed by atoms with Gasteiger partial charge in [0.2, 0.25) is 10.0 Å². The van der Waals surface area contributed by atoms with Crippen LogP contribution in [0.2, 0.25) is 5.02 Å². The SMILES string of the molecule is CC(C)NC(=O)C(=O)NCC[C@@H]1CCCCN1S(=O)(=O)c1ccc(Cl)cc1. The van der Waals surface area contributed by atoms with Crippen LogP contribution >= 0.6 is 11.6 Å². The van der Waals surface area contributed by atoms with E-state index >= 15 is 0 Å². The van der Waals surface area contributed by atoms with Crippen molar-refractivity contribution in [3.05, 3.63) is 29.3 Å². The van der Waals surface area contributed by atoms with Crippen LogP contribution in [-0.2, 0) is 19.6 Å². The van der Waals surface area contributed by atoms with E-state index in [0.29, 0.717) is 18.0 Å². The lowest BCUT2D eigenvalue weighted by atomic mass is 10.0. The highest BCUT2D eigenvalue weighted by Gasteiger charge is 2.33. The maximum atomic E-state index is 13.0. The molecule has 1 atom stereocenters. The van der Waals surface area contributed by atoms with Gasteiger partial charge < -0.3 is 10.6 Å². The van der Waals surface area contributed by atoms with Gasteiger partial charge >= 0.3 is 11.8 Å². The number of halogens is 1. The Morgan fingerprint density at radius 1 is 1.19 bits per heavy atom. The van der Waals surface area contributed by atoms with Crippen molar-refractivity contribution in [3.63, 3.8) is 0 Å². The van der Waals surface area contributed by atoms with Crippen LogP contribution in [0.15, 0.2) is 29.2 Å². The molecule has 27 heavy (non-hydrogen) atoms. The quantitative estimate of drug-likeness (QED) is 0.694. The molecule has 1 aromatic carbocycles. The van der Waals surface area contributed by atoms with E-state index in [1.807, 2.05) is 0 Å². The molecule has 0 aromatic heterocycles. The highest BCUT2D eigenvalue weighted by Crippen LogP contribution is 2.27. The van der Waals surface area contributed by atoms with Crippen molar-refractivity contribution in [2.24, 2.45) is 0 Å². The molecule has 0 aliphatic carbocycles. The first kappa shape index (κ1) is 21.7. The number of benzene rings is 1. The first-order valence-electron chi connectivity index (χ1n) is 9.08. The molecule has 0 spiro atoms. The number of nitrogens with one attached hydrogen (secondary N) is 2. The number of sulfonamides is 1. The molecule has 7 nitrogen and oxygen atoms in total. The Morgan fingerprint density at radius 3 is 2.48 bits per heavy atom. The highest BCUT2D eigenvalue weighted by atomic mass is 35.5. The minimum Gasteiger partial charge on any atom is -0.348 e. The summed E-state index contributed by atoms with van der Waals surface area (Å²) in [6.07, 6.45) is 2.90. The molecule has 1 aromatic rings. The summed E-state index contributed by atoms with van der Waals surface area (Å²) in [5, 5.41) is 5.56. The fraction of sp³-hybridized carbons (Fsp3) is 0.556. The molecule has 2 rings (SSSR count). The molecule has 150 valence electrons. The number of rotatable bonds is 6. The first-order valence-corrected chi connectivity index (χ1v) is 10.9. The third-order valence-electron chi connectivity index (χ3n) is 4.38. The van der Waals surface area contributed by atoms with Gasteiger partial charge in [0.05, 0.1) is 4.90 Å². The van der Waals surface area contributed by atoms with E-state index in [-0.39, 0.29) is 23.5 Å². The topological polar surface area (TPSA) is 95.6 Å². The second-order valence-electron chi connectivity index (χ2n) is 6.89. The summed E-state index contributed by atoms with van der Waals surface area (Å²) < 4.78 is 27.4. The molecule has 1 saturated heterocycles. The van der Waals surface area contributed by atoms with Gasteiger partial charge in [-0.25, -0.2) is 8.42 Å². The molecule has 1 heterocycles. The summed E-state index contributed by atoms with van der Waals surface area (Å²) in [5.74, 6) is -1.38. The van der Waals surface area contributed by atoms with E-state index in [4.69, 9.17) is 11.6 Å². The molecule has 2 N–H and O–H groups in total. The predicted octanol–water partition coefficient (Wildman–Crippen LogP) is 1.91. The fourth-order valence-corrected chi connectivity index (χ4v) is 4.93. The van der Waals surface area contributed by atoms with Crippen molar-refractivity contribution in [2.45, 2.75) is 56.5 Å². The van der Waals surface area contributed by atoms with Crippen molar-refractivity contribution in [3.8, 4) is 0 Å². The second kappa shape index (κ2) is 9.52. The number of hydrogen-bond donors (Lipinski definition) is 2. The number of carbonyl (C=O) groups excluding carboxylic acids is 2. The van der Waals surface area contributed by atoms with E-state index < -0.39 is 21.8 Å². The third kappa shape index (κ3) is 5.92. The molecular weight excluding hydrogens is 390 g/mol. The van der Waals surface area contributed by atoms with Crippen molar-refractivity contribution in [1.29, 1.82) is 0 Å². The zero-order valence-electron chi connectivity index (χ0n) is 15.6. The average Bonchev–Trinajstić information content (AvgIpc) is 2.61. The van der Waals surface area contributed by atoms with Crippen LogP contribution in [0.3, 0.4) is 0 Å². The van der Waals surface area contributed by atoms with Gasteiger partial charge in [0.15, 0.2) is 0 Å². The Labute approximate surface area is 165 Å². The maximum absolute atomic E-state index is 13.0. The lowest BCUT2D eigenvalue weighted by Gasteiger charge is -2.34. The van der Waals surface area contributed by atoms with Gasteiger partial charge in [-0.3, -0.25) is 9.59 Å². The van der Waals surface area contributed by atoms with E-state index in [0.717, 1.165) is 19.3 Å². The largest absolute Gasteiger partial charge is 0.348 e. The molecule has 0 saturated carbocycles. The van der Waals surface area contributed by atoms with Crippen molar-refractivity contribution < 1.29 is 18.0 Å². The third-order valence-corrected chi connectivity index (χ3v) is 6.60. The highest BCUT2D eigenvalue weighted by molar-refractivity contribution is 7.89. The lowest BCUT2D eigenvalue weighted by Crippen LogP contribution is -2.47. The van der Waals surface area contributed by atoms with Crippen LogP contribution in [-0.4, -0.2) is 49.7 Å². The van der Waals surface area contributed by atoms with Gasteiger partial charge in [0, 0.05) is 30.2 Å². The minimum absolute atomic E-state index is 0.124. The summed E-state index contributed by atoms with van der Waals surface area (Å²) in [4.78, 5) is 23.6. The zero-order valence-corrected chi connectivity index (χ0v) is 17.1. The predicted molar refractivity (Wildman–Crippen MR) is 104 cm³/mol. The maximum Gasteiger partial charge on any atom is 0.309 e. The Balaban J connectivity index is 1.99. The number of nitrogens with zero attached hydrogens (tertiary/aromatic N) is 1. The Bertz CT molecular complexity index is 765. The Hall–Kier alpha value is -1.64. The molecule has 1 fully saturated rings. The number of piperidine rings is 1. The van der Waals surface area contributed by atoms with Gasteiger partial charge in [-0.05, 0) is 57.4 Å². The van der Waals surface area contributed by atoms with E-state index in [2.05, 4.69) is 10.6 Å². The smallest absolute Gasteiger partial charge is 0.309 e. The van der Waals surface area contributed by atoms with Gasteiger partial charge in [0.25, 0.3) is 0 Å². The van der Waals surface area contributed by atoms with E-state index in [1.165, 1.54) is 16.4 Å². The number of amides is 2. The molecule has 1 aliphatic heterocycles. The summed E-state index contributed by atoms with van der Waals surface area (Å²) in [6.45, 7) is 4.22. The molecule has 1 aliphatic rings. The van der Waals surface area contributed by atoms with Crippen LogP contribution in [0, 0.1) is 0 Å². The first-order chi connectivity index (χ1) is 12.7. The molecule has 0 unspecified atom stereocenters. The zero-order chi connectivity index (χ0) is 20.0. The van der Waals surface area contributed by atoms with Crippen LogP contribution in [0.1, 0.15) is 39.5 Å². The summed E-state index contributed by atoms with van der Waals surface area (Å²) >= 11 is 5.85. The average molecular weight is 416 g/mol. The molecule has 9 heteroatoms.